The molecule has 0 amide bonds. The van der Waals surface area contributed by atoms with Crippen LogP contribution in [0.4, 0.5) is 0 Å². The molecule has 1 heteroatoms. The summed E-state index contributed by atoms with van der Waals surface area (Å²) in [6.45, 7) is 4.32. The lowest BCUT2D eigenvalue weighted by Crippen LogP contribution is -2.54. The largest absolute Gasteiger partial charge is 0.392 e. The van der Waals surface area contributed by atoms with E-state index in [1.807, 2.05) is 12.1 Å². The van der Waals surface area contributed by atoms with Crippen molar-refractivity contribution in [1.82, 2.24) is 0 Å². The van der Waals surface area contributed by atoms with Crippen LogP contribution in [-0.4, -0.2) is 11.2 Å². The Labute approximate surface area is 114 Å². The molecule has 0 spiro atoms. The van der Waals surface area contributed by atoms with E-state index in [2.05, 4.69) is 62.4 Å². The Hall–Kier alpha value is -1.60. The van der Waals surface area contributed by atoms with Crippen LogP contribution in [0.2, 0.25) is 0 Å². The Kier molecular flexibility index (Phi) is 2.94. The maximum Gasteiger partial charge on any atom is 0.0671 e. The molecular formula is C18H20O. The van der Waals surface area contributed by atoms with Crippen molar-refractivity contribution in [2.24, 2.45) is 5.41 Å². The third-order valence-electron chi connectivity index (χ3n) is 4.61. The predicted molar refractivity (Wildman–Crippen MR) is 78.2 cm³/mol. The van der Waals surface area contributed by atoms with Crippen LogP contribution in [0, 0.1) is 5.41 Å². The molecule has 1 N–H and O–H groups in total. The van der Waals surface area contributed by atoms with Gasteiger partial charge < -0.3 is 5.11 Å². The van der Waals surface area contributed by atoms with Crippen molar-refractivity contribution in [3.8, 4) is 0 Å². The first-order valence-corrected chi connectivity index (χ1v) is 6.90. The SMILES string of the molecule is CC1(C)C(O)C(c2ccccc2)C1c1ccccc1. The Bertz CT molecular complexity index is 544. The number of rotatable bonds is 2. The lowest BCUT2D eigenvalue weighted by Gasteiger charge is -2.56. The van der Waals surface area contributed by atoms with Crippen LogP contribution in [0.1, 0.15) is 36.8 Å². The molecule has 3 rings (SSSR count). The third kappa shape index (κ3) is 1.89. The molecule has 0 heterocycles. The van der Waals surface area contributed by atoms with Gasteiger partial charge in [-0.1, -0.05) is 74.5 Å². The first kappa shape index (κ1) is 12.4. The highest BCUT2D eigenvalue weighted by molar-refractivity contribution is 5.37. The van der Waals surface area contributed by atoms with Crippen molar-refractivity contribution >= 4 is 0 Å². The van der Waals surface area contributed by atoms with Crippen molar-refractivity contribution in [3.63, 3.8) is 0 Å². The summed E-state index contributed by atoms with van der Waals surface area (Å²) in [5.74, 6) is 0.588. The van der Waals surface area contributed by atoms with Gasteiger partial charge in [0, 0.05) is 11.8 Å². The van der Waals surface area contributed by atoms with Crippen LogP contribution in [0.15, 0.2) is 60.7 Å². The van der Waals surface area contributed by atoms with Gasteiger partial charge in [0.1, 0.15) is 0 Å². The fraction of sp³-hybridized carbons (Fsp3) is 0.333. The Balaban J connectivity index is 2.01. The fourth-order valence-corrected chi connectivity index (χ4v) is 3.52. The molecule has 3 unspecified atom stereocenters. The van der Waals surface area contributed by atoms with Crippen molar-refractivity contribution in [1.29, 1.82) is 0 Å². The normalized spacial score (nSPS) is 28.7. The van der Waals surface area contributed by atoms with E-state index in [0.29, 0.717) is 5.92 Å². The Morgan fingerprint density at radius 1 is 0.789 bits per heavy atom. The molecule has 0 aromatic heterocycles. The highest BCUT2D eigenvalue weighted by atomic mass is 16.3. The monoisotopic (exact) mass is 252 g/mol. The molecule has 2 aromatic carbocycles. The molecule has 3 atom stereocenters. The maximum absolute atomic E-state index is 10.5. The van der Waals surface area contributed by atoms with Crippen LogP contribution in [0.5, 0.6) is 0 Å². The average molecular weight is 252 g/mol. The first-order chi connectivity index (χ1) is 9.12. The van der Waals surface area contributed by atoms with E-state index in [1.165, 1.54) is 11.1 Å². The van der Waals surface area contributed by atoms with Gasteiger partial charge in [-0.05, 0) is 16.5 Å². The molecule has 0 aliphatic heterocycles. The molecule has 0 radical (unpaired) electrons. The number of aliphatic hydroxyl groups excluding tert-OH is 1. The smallest absolute Gasteiger partial charge is 0.0671 e. The summed E-state index contributed by atoms with van der Waals surface area (Å²) >= 11 is 0. The summed E-state index contributed by atoms with van der Waals surface area (Å²) < 4.78 is 0. The van der Waals surface area contributed by atoms with Gasteiger partial charge in [-0.15, -0.1) is 0 Å². The number of aliphatic hydroxyl groups is 1. The van der Waals surface area contributed by atoms with Gasteiger partial charge in [0.15, 0.2) is 0 Å². The number of hydrogen-bond acceptors (Lipinski definition) is 1. The topological polar surface area (TPSA) is 20.2 Å². The summed E-state index contributed by atoms with van der Waals surface area (Å²) in [7, 11) is 0. The summed E-state index contributed by atoms with van der Waals surface area (Å²) in [6.07, 6.45) is -0.278. The summed E-state index contributed by atoms with van der Waals surface area (Å²) in [5, 5.41) is 10.5. The second-order valence-corrected chi connectivity index (χ2v) is 6.09. The van der Waals surface area contributed by atoms with E-state index < -0.39 is 0 Å². The van der Waals surface area contributed by atoms with Crippen LogP contribution in [0.25, 0.3) is 0 Å². The molecule has 1 aliphatic rings. The van der Waals surface area contributed by atoms with E-state index in [0.717, 1.165) is 0 Å². The van der Waals surface area contributed by atoms with Crippen LogP contribution in [0.3, 0.4) is 0 Å². The van der Waals surface area contributed by atoms with Gasteiger partial charge in [0.05, 0.1) is 6.10 Å². The zero-order chi connectivity index (χ0) is 13.5. The molecule has 1 nitrogen and oxygen atoms in total. The fourth-order valence-electron chi connectivity index (χ4n) is 3.52. The molecule has 19 heavy (non-hydrogen) atoms. The van der Waals surface area contributed by atoms with Crippen LogP contribution >= 0.6 is 0 Å². The first-order valence-electron chi connectivity index (χ1n) is 6.90. The lowest BCUT2D eigenvalue weighted by atomic mass is 9.49. The number of hydrogen-bond donors (Lipinski definition) is 1. The van der Waals surface area contributed by atoms with E-state index in [4.69, 9.17) is 0 Å². The predicted octanol–water partition coefficient (Wildman–Crippen LogP) is 3.95. The zero-order valence-electron chi connectivity index (χ0n) is 11.5. The molecule has 1 fully saturated rings. The molecule has 1 saturated carbocycles. The van der Waals surface area contributed by atoms with E-state index in [1.54, 1.807) is 0 Å². The summed E-state index contributed by atoms with van der Waals surface area (Å²) in [6, 6.07) is 20.9. The van der Waals surface area contributed by atoms with Gasteiger partial charge in [-0.25, -0.2) is 0 Å². The van der Waals surface area contributed by atoms with E-state index in [9.17, 15) is 5.11 Å². The molecule has 0 saturated heterocycles. The van der Waals surface area contributed by atoms with Crippen molar-refractivity contribution in [2.75, 3.05) is 0 Å². The van der Waals surface area contributed by atoms with Crippen molar-refractivity contribution in [2.45, 2.75) is 31.8 Å². The Morgan fingerprint density at radius 2 is 1.26 bits per heavy atom. The summed E-state index contributed by atoms with van der Waals surface area (Å²) in [4.78, 5) is 0. The van der Waals surface area contributed by atoms with Crippen LogP contribution < -0.4 is 0 Å². The highest BCUT2D eigenvalue weighted by Gasteiger charge is 2.56. The van der Waals surface area contributed by atoms with Gasteiger partial charge in [-0.2, -0.15) is 0 Å². The zero-order valence-corrected chi connectivity index (χ0v) is 11.5. The minimum Gasteiger partial charge on any atom is -0.392 e. The molecule has 2 aromatic rings. The van der Waals surface area contributed by atoms with Gasteiger partial charge in [0.2, 0.25) is 0 Å². The Morgan fingerprint density at radius 3 is 1.79 bits per heavy atom. The molecular weight excluding hydrogens is 232 g/mol. The second-order valence-electron chi connectivity index (χ2n) is 6.09. The summed E-state index contributed by atoms with van der Waals surface area (Å²) in [5.41, 5.74) is 2.50. The van der Waals surface area contributed by atoms with Crippen molar-refractivity contribution in [3.05, 3.63) is 71.8 Å². The molecule has 98 valence electrons. The highest BCUT2D eigenvalue weighted by Crippen LogP contribution is 2.60. The minimum absolute atomic E-state index is 0.0676. The number of benzene rings is 2. The lowest BCUT2D eigenvalue weighted by molar-refractivity contribution is -0.0876. The van der Waals surface area contributed by atoms with Gasteiger partial charge >= 0.3 is 0 Å². The van der Waals surface area contributed by atoms with Gasteiger partial charge in [0.25, 0.3) is 0 Å². The molecule has 1 aliphatic carbocycles. The van der Waals surface area contributed by atoms with E-state index >= 15 is 0 Å². The average Bonchev–Trinajstić information content (AvgIpc) is 2.45. The second kappa shape index (κ2) is 4.50. The maximum atomic E-state index is 10.5. The minimum atomic E-state index is -0.278. The standard InChI is InChI=1S/C18H20O/c1-18(2)16(14-11-7-4-8-12-14)15(17(18)19)13-9-5-3-6-10-13/h3-12,15-17,19H,1-2H3. The van der Waals surface area contributed by atoms with E-state index in [-0.39, 0.29) is 17.4 Å². The quantitative estimate of drug-likeness (QED) is 0.858. The van der Waals surface area contributed by atoms with Crippen LogP contribution in [-0.2, 0) is 0 Å². The molecule has 0 bridgehead atoms. The van der Waals surface area contributed by atoms with Gasteiger partial charge in [-0.3, -0.25) is 0 Å². The third-order valence-corrected chi connectivity index (χ3v) is 4.61. The van der Waals surface area contributed by atoms with Crippen molar-refractivity contribution < 1.29 is 5.11 Å².